The van der Waals surface area contributed by atoms with Crippen molar-refractivity contribution < 1.29 is 9.84 Å². The van der Waals surface area contributed by atoms with Crippen LogP contribution in [0.25, 0.3) is 0 Å². The Morgan fingerprint density at radius 3 is 2.19 bits per heavy atom. The van der Waals surface area contributed by atoms with Crippen molar-refractivity contribution in [1.82, 2.24) is 0 Å². The Kier molecular flexibility index (Phi) is 7.87. The SMILES string of the molecule is CCCCCCCCCC[C@@H]1C[C@H](O)CO1. The monoisotopic (exact) mass is 228 g/mol. The van der Waals surface area contributed by atoms with Crippen LogP contribution in [0.1, 0.15) is 71.1 Å². The molecule has 0 aromatic carbocycles. The number of aliphatic hydroxyl groups excluding tert-OH is 1. The van der Waals surface area contributed by atoms with E-state index in [2.05, 4.69) is 6.92 Å². The summed E-state index contributed by atoms with van der Waals surface area (Å²) in [6, 6.07) is 0. The topological polar surface area (TPSA) is 29.5 Å². The van der Waals surface area contributed by atoms with Gasteiger partial charge in [-0.15, -0.1) is 0 Å². The van der Waals surface area contributed by atoms with Gasteiger partial charge in [0.05, 0.1) is 18.8 Å². The third-order valence-electron chi connectivity index (χ3n) is 3.44. The number of hydrogen-bond acceptors (Lipinski definition) is 2. The van der Waals surface area contributed by atoms with E-state index in [0.29, 0.717) is 12.7 Å². The summed E-state index contributed by atoms with van der Waals surface area (Å²) in [5, 5.41) is 9.30. The Balaban J connectivity index is 1.78. The molecule has 0 unspecified atom stereocenters. The third kappa shape index (κ3) is 6.49. The summed E-state index contributed by atoms with van der Waals surface area (Å²) >= 11 is 0. The number of aliphatic hydroxyl groups is 1. The standard InChI is InChI=1S/C14H28O2/c1-2-3-4-5-6-7-8-9-10-14-11-13(15)12-16-14/h13-15H,2-12H2,1H3/t13-,14+/m0/s1. The molecule has 1 N–H and O–H groups in total. The predicted octanol–water partition coefficient (Wildman–Crippen LogP) is 3.67. The maximum Gasteiger partial charge on any atom is 0.0798 e. The van der Waals surface area contributed by atoms with Crippen LogP contribution in [-0.4, -0.2) is 23.9 Å². The van der Waals surface area contributed by atoms with Gasteiger partial charge in [-0.1, -0.05) is 58.3 Å². The molecule has 2 nitrogen and oxygen atoms in total. The molecule has 1 saturated heterocycles. The normalized spacial score (nSPS) is 25.1. The predicted molar refractivity (Wildman–Crippen MR) is 67.6 cm³/mol. The van der Waals surface area contributed by atoms with E-state index in [1.54, 1.807) is 0 Å². The van der Waals surface area contributed by atoms with E-state index in [1.165, 1.54) is 51.4 Å². The molecule has 0 aromatic heterocycles. The minimum atomic E-state index is -0.195. The van der Waals surface area contributed by atoms with Gasteiger partial charge in [-0.3, -0.25) is 0 Å². The zero-order chi connectivity index (χ0) is 11.6. The summed E-state index contributed by atoms with van der Waals surface area (Å²) < 4.78 is 5.47. The second-order valence-electron chi connectivity index (χ2n) is 5.11. The zero-order valence-electron chi connectivity index (χ0n) is 10.8. The Hall–Kier alpha value is -0.0800. The van der Waals surface area contributed by atoms with Crippen LogP contribution in [0.4, 0.5) is 0 Å². The summed E-state index contributed by atoms with van der Waals surface area (Å²) in [7, 11) is 0. The van der Waals surface area contributed by atoms with E-state index in [-0.39, 0.29) is 6.10 Å². The summed E-state index contributed by atoms with van der Waals surface area (Å²) in [6.45, 7) is 2.82. The highest BCUT2D eigenvalue weighted by Gasteiger charge is 2.22. The molecule has 0 amide bonds. The molecule has 2 atom stereocenters. The molecule has 2 heteroatoms. The van der Waals surface area contributed by atoms with Crippen LogP contribution in [0.3, 0.4) is 0 Å². The fourth-order valence-corrected chi connectivity index (χ4v) is 2.39. The van der Waals surface area contributed by atoms with Crippen LogP contribution >= 0.6 is 0 Å². The lowest BCUT2D eigenvalue weighted by Crippen LogP contribution is -2.06. The van der Waals surface area contributed by atoms with Gasteiger partial charge in [0, 0.05) is 6.42 Å². The maximum atomic E-state index is 9.30. The van der Waals surface area contributed by atoms with Crippen LogP contribution < -0.4 is 0 Å². The van der Waals surface area contributed by atoms with Gasteiger partial charge in [-0.25, -0.2) is 0 Å². The molecule has 1 rings (SSSR count). The highest BCUT2D eigenvalue weighted by Crippen LogP contribution is 2.19. The second kappa shape index (κ2) is 9.00. The maximum absolute atomic E-state index is 9.30. The summed E-state index contributed by atoms with van der Waals surface area (Å²) in [6.07, 6.45) is 13.1. The van der Waals surface area contributed by atoms with Crippen LogP contribution in [0.15, 0.2) is 0 Å². The second-order valence-corrected chi connectivity index (χ2v) is 5.11. The lowest BCUT2D eigenvalue weighted by atomic mass is 10.0. The molecular formula is C14H28O2. The molecule has 0 spiro atoms. The van der Waals surface area contributed by atoms with E-state index < -0.39 is 0 Å². The van der Waals surface area contributed by atoms with Crippen LogP contribution in [-0.2, 0) is 4.74 Å². The first-order valence-electron chi connectivity index (χ1n) is 7.12. The van der Waals surface area contributed by atoms with Gasteiger partial charge in [0.1, 0.15) is 0 Å². The Morgan fingerprint density at radius 1 is 1.00 bits per heavy atom. The Morgan fingerprint density at radius 2 is 1.62 bits per heavy atom. The van der Waals surface area contributed by atoms with Crippen LogP contribution in [0, 0.1) is 0 Å². The first-order valence-corrected chi connectivity index (χ1v) is 7.12. The molecule has 0 aliphatic carbocycles. The van der Waals surface area contributed by atoms with Gasteiger partial charge < -0.3 is 9.84 Å². The van der Waals surface area contributed by atoms with Crippen molar-refractivity contribution in [2.75, 3.05) is 6.61 Å². The van der Waals surface area contributed by atoms with Gasteiger partial charge in [0.25, 0.3) is 0 Å². The molecule has 0 saturated carbocycles. The molecule has 1 heterocycles. The Bertz CT molecular complexity index is 159. The number of hydrogen-bond donors (Lipinski definition) is 1. The average Bonchev–Trinajstić information content (AvgIpc) is 2.68. The third-order valence-corrected chi connectivity index (χ3v) is 3.44. The molecule has 1 aliphatic heterocycles. The summed E-state index contributed by atoms with van der Waals surface area (Å²) in [5.74, 6) is 0. The highest BCUT2D eigenvalue weighted by atomic mass is 16.5. The molecule has 0 radical (unpaired) electrons. The van der Waals surface area contributed by atoms with Crippen molar-refractivity contribution in [2.45, 2.75) is 83.3 Å². The molecule has 0 bridgehead atoms. The van der Waals surface area contributed by atoms with Gasteiger partial charge in [0.15, 0.2) is 0 Å². The van der Waals surface area contributed by atoms with Gasteiger partial charge in [-0.2, -0.15) is 0 Å². The first-order chi connectivity index (χ1) is 7.83. The molecule has 16 heavy (non-hydrogen) atoms. The van der Waals surface area contributed by atoms with E-state index in [1.807, 2.05) is 0 Å². The van der Waals surface area contributed by atoms with Crippen LogP contribution in [0.5, 0.6) is 0 Å². The molecule has 0 aromatic rings. The molecular weight excluding hydrogens is 200 g/mol. The van der Waals surface area contributed by atoms with E-state index in [0.717, 1.165) is 12.8 Å². The lowest BCUT2D eigenvalue weighted by Gasteiger charge is -2.08. The van der Waals surface area contributed by atoms with E-state index in [9.17, 15) is 5.11 Å². The molecule has 1 fully saturated rings. The van der Waals surface area contributed by atoms with Gasteiger partial charge in [-0.05, 0) is 6.42 Å². The zero-order valence-corrected chi connectivity index (χ0v) is 10.8. The average molecular weight is 228 g/mol. The summed E-state index contributed by atoms with van der Waals surface area (Å²) in [4.78, 5) is 0. The first kappa shape index (κ1) is 14.0. The fraction of sp³-hybridized carbons (Fsp3) is 1.00. The van der Waals surface area contributed by atoms with Crippen molar-refractivity contribution in [3.8, 4) is 0 Å². The van der Waals surface area contributed by atoms with Crippen molar-refractivity contribution in [1.29, 1.82) is 0 Å². The molecule has 96 valence electrons. The van der Waals surface area contributed by atoms with E-state index in [4.69, 9.17) is 4.74 Å². The quantitative estimate of drug-likeness (QED) is 0.610. The number of rotatable bonds is 9. The number of unbranched alkanes of at least 4 members (excludes halogenated alkanes) is 7. The van der Waals surface area contributed by atoms with Crippen LogP contribution in [0.2, 0.25) is 0 Å². The Labute approximate surface area is 100 Å². The van der Waals surface area contributed by atoms with Crippen molar-refractivity contribution in [3.63, 3.8) is 0 Å². The largest absolute Gasteiger partial charge is 0.391 e. The van der Waals surface area contributed by atoms with Crippen molar-refractivity contribution in [2.24, 2.45) is 0 Å². The minimum absolute atomic E-state index is 0.195. The lowest BCUT2D eigenvalue weighted by molar-refractivity contribution is 0.0829. The fourth-order valence-electron chi connectivity index (χ4n) is 2.39. The van der Waals surface area contributed by atoms with E-state index >= 15 is 0 Å². The smallest absolute Gasteiger partial charge is 0.0798 e. The van der Waals surface area contributed by atoms with Gasteiger partial charge >= 0.3 is 0 Å². The van der Waals surface area contributed by atoms with Gasteiger partial charge in [0.2, 0.25) is 0 Å². The van der Waals surface area contributed by atoms with Crippen molar-refractivity contribution in [3.05, 3.63) is 0 Å². The number of ether oxygens (including phenoxy) is 1. The highest BCUT2D eigenvalue weighted by molar-refractivity contribution is 4.72. The van der Waals surface area contributed by atoms with Crippen molar-refractivity contribution >= 4 is 0 Å². The molecule has 1 aliphatic rings. The minimum Gasteiger partial charge on any atom is -0.391 e. The summed E-state index contributed by atoms with van der Waals surface area (Å²) in [5.41, 5.74) is 0.